The van der Waals surface area contributed by atoms with Crippen molar-refractivity contribution >= 4 is 16.8 Å². The molecule has 2 heterocycles. The summed E-state index contributed by atoms with van der Waals surface area (Å²) >= 11 is 0. The van der Waals surface area contributed by atoms with Crippen LogP contribution in [0.25, 0.3) is 10.9 Å². The monoisotopic (exact) mass is 287 g/mol. The first-order valence-electron chi connectivity index (χ1n) is 7.46. The number of aromatic amines is 1. The van der Waals surface area contributed by atoms with Gasteiger partial charge in [0.05, 0.1) is 6.10 Å². The molecular formula is C16H21N3O2. The lowest BCUT2D eigenvalue weighted by atomic mass is 10.1. The molecule has 1 fully saturated rings. The lowest BCUT2D eigenvalue weighted by Gasteiger charge is -2.12. The van der Waals surface area contributed by atoms with Crippen molar-refractivity contribution in [2.24, 2.45) is 5.73 Å². The number of carbonyl (C=O) groups excluding carboxylic acids is 1. The molecule has 5 nitrogen and oxygen atoms in total. The Morgan fingerprint density at radius 3 is 3.05 bits per heavy atom. The van der Waals surface area contributed by atoms with Gasteiger partial charge < -0.3 is 20.8 Å². The fourth-order valence-corrected chi connectivity index (χ4v) is 2.84. The van der Waals surface area contributed by atoms with Gasteiger partial charge in [-0.3, -0.25) is 4.79 Å². The van der Waals surface area contributed by atoms with Crippen molar-refractivity contribution in [1.82, 2.24) is 10.3 Å². The predicted octanol–water partition coefficient (Wildman–Crippen LogP) is 1.33. The van der Waals surface area contributed by atoms with Crippen LogP contribution >= 0.6 is 0 Å². The number of carbonyl (C=O) groups is 1. The highest BCUT2D eigenvalue weighted by Gasteiger charge is 2.29. The molecule has 0 saturated carbocycles. The summed E-state index contributed by atoms with van der Waals surface area (Å²) in [5, 5.41) is 4.17. The first-order chi connectivity index (χ1) is 10.3. The van der Waals surface area contributed by atoms with E-state index in [0.29, 0.717) is 13.1 Å². The van der Waals surface area contributed by atoms with Gasteiger partial charge in [-0.2, -0.15) is 0 Å². The van der Waals surface area contributed by atoms with Gasteiger partial charge in [-0.1, -0.05) is 18.2 Å². The largest absolute Gasteiger partial charge is 0.364 e. The Morgan fingerprint density at radius 2 is 2.24 bits per heavy atom. The minimum absolute atomic E-state index is 0.0224. The zero-order valence-corrected chi connectivity index (χ0v) is 12.0. The molecule has 5 heteroatoms. The van der Waals surface area contributed by atoms with Crippen molar-refractivity contribution in [1.29, 1.82) is 0 Å². The molecule has 1 amide bonds. The fraction of sp³-hybridized carbons (Fsp3) is 0.438. The average Bonchev–Trinajstić information content (AvgIpc) is 3.14. The molecule has 2 atom stereocenters. The maximum absolute atomic E-state index is 12.0. The number of ether oxygens (including phenoxy) is 1. The second kappa shape index (κ2) is 6.28. The van der Waals surface area contributed by atoms with Gasteiger partial charge in [-0.05, 0) is 30.9 Å². The van der Waals surface area contributed by atoms with Crippen LogP contribution in [0, 0.1) is 0 Å². The van der Waals surface area contributed by atoms with Gasteiger partial charge in [0, 0.05) is 30.2 Å². The summed E-state index contributed by atoms with van der Waals surface area (Å²) in [4.78, 5) is 15.3. The number of aromatic nitrogens is 1. The fourth-order valence-electron chi connectivity index (χ4n) is 2.84. The van der Waals surface area contributed by atoms with E-state index in [0.717, 1.165) is 24.8 Å². The van der Waals surface area contributed by atoms with E-state index in [-0.39, 0.29) is 18.1 Å². The van der Waals surface area contributed by atoms with Gasteiger partial charge in [0.25, 0.3) is 0 Å². The second-order valence-electron chi connectivity index (χ2n) is 5.46. The molecule has 3 rings (SSSR count). The van der Waals surface area contributed by atoms with E-state index in [9.17, 15) is 4.79 Å². The maximum Gasteiger partial charge on any atom is 0.249 e. The molecule has 0 spiro atoms. The molecule has 2 unspecified atom stereocenters. The van der Waals surface area contributed by atoms with Crippen LogP contribution < -0.4 is 11.1 Å². The zero-order valence-electron chi connectivity index (χ0n) is 12.0. The van der Waals surface area contributed by atoms with Gasteiger partial charge in [-0.25, -0.2) is 0 Å². The van der Waals surface area contributed by atoms with Crippen LogP contribution in [0.15, 0.2) is 30.5 Å². The van der Waals surface area contributed by atoms with Gasteiger partial charge in [0.1, 0.15) is 6.10 Å². The van der Waals surface area contributed by atoms with Gasteiger partial charge >= 0.3 is 0 Å². The highest BCUT2D eigenvalue weighted by atomic mass is 16.5. The van der Waals surface area contributed by atoms with Crippen molar-refractivity contribution in [2.45, 2.75) is 31.5 Å². The summed E-state index contributed by atoms with van der Waals surface area (Å²) < 4.78 is 5.59. The van der Waals surface area contributed by atoms with Crippen LogP contribution in [-0.2, 0) is 16.0 Å². The summed E-state index contributed by atoms with van der Waals surface area (Å²) in [6.07, 6.45) is 4.16. The van der Waals surface area contributed by atoms with E-state index in [4.69, 9.17) is 10.5 Å². The zero-order chi connectivity index (χ0) is 14.7. The van der Waals surface area contributed by atoms with E-state index in [1.54, 1.807) is 0 Å². The number of rotatable bonds is 5. The normalized spacial score (nSPS) is 21.8. The molecule has 4 N–H and O–H groups in total. The Hall–Kier alpha value is -1.85. The lowest BCUT2D eigenvalue weighted by Crippen LogP contribution is -2.36. The summed E-state index contributed by atoms with van der Waals surface area (Å²) in [5.74, 6) is -0.0224. The molecule has 1 aromatic heterocycles. The molecule has 1 saturated heterocycles. The number of H-pyrrole nitrogens is 1. The first kappa shape index (κ1) is 14.1. The van der Waals surface area contributed by atoms with Crippen molar-refractivity contribution in [3.63, 3.8) is 0 Å². The Kier molecular flexibility index (Phi) is 4.22. The highest BCUT2D eigenvalue weighted by Crippen LogP contribution is 2.19. The first-order valence-corrected chi connectivity index (χ1v) is 7.46. The molecule has 0 bridgehead atoms. The minimum atomic E-state index is -0.332. The van der Waals surface area contributed by atoms with E-state index in [2.05, 4.69) is 22.4 Å². The van der Waals surface area contributed by atoms with Gasteiger partial charge in [0.2, 0.25) is 5.91 Å². The molecular weight excluding hydrogens is 266 g/mol. The van der Waals surface area contributed by atoms with E-state index >= 15 is 0 Å². The number of amides is 1. The Bertz CT molecular complexity index is 623. The highest BCUT2D eigenvalue weighted by molar-refractivity contribution is 5.83. The summed E-state index contributed by atoms with van der Waals surface area (Å²) in [6, 6.07) is 8.18. The summed E-state index contributed by atoms with van der Waals surface area (Å²) in [5.41, 5.74) is 7.90. The summed E-state index contributed by atoms with van der Waals surface area (Å²) in [6.45, 7) is 1.10. The van der Waals surface area contributed by atoms with E-state index in [1.807, 2.05) is 18.3 Å². The van der Waals surface area contributed by atoms with Crippen molar-refractivity contribution in [3.05, 3.63) is 36.0 Å². The quantitative estimate of drug-likeness (QED) is 0.776. The van der Waals surface area contributed by atoms with Crippen LogP contribution in [0.3, 0.4) is 0 Å². The van der Waals surface area contributed by atoms with Gasteiger partial charge in [-0.15, -0.1) is 0 Å². The van der Waals surface area contributed by atoms with Crippen molar-refractivity contribution in [3.8, 4) is 0 Å². The third-order valence-corrected chi connectivity index (χ3v) is 4.03. The Balaban J connectivity index is 1.51. The second-order valence-corrected chi connectivity index (χ2v) is 5.46. The van der Waals surface area contributed by atoms with Crippen LogP contribution in [-0.4, -0.2) is 36.2 Å². The number of para-hydroxylation sites is 1. The smallest absolute Gasteiger partial charge is 0.249 e. The molecule has 21 heavy (non-hydrogen) atoms. The Morgan fingerprint density at radius 1 is 1.38 bits per heavy atom. The predicted molar refractivity (Wildman–Crippen MR) is 82.0 cm³/mol. The lowest BCUT2D eigenvalue weighted by molar-refractivity contribution is -0.131. The van der Waals surface area contributed by atoms with Crippen molar-refractivity contribution < 1.29 is 9.53 Å². The average molecular weight is 287 g/mol. The van der Waals surface area contributed by atoms with E-state index < -0.39 is 0 Å². The molecule has 2 aromatic rings. The third kappa shape index (κ3) is 3.09. The number of fused-ring (bicyclic) bond motifs is 1. The number of nitrogens with two attached hydrogens (primary N) is 1. The molecule has 112 valence electrons. The number of hydrogen-bond acceptors (Lipinski definition) is 3. The Labute approximate surface area is 123 Å². The number of nitrogens with one attached hydrogen (secondary N) is 2. The summed E-state index contributed by atoms with van der Waals surface area (Å²) in [7, 11) is 0. The molecule has 0 aliphatic carbocycles. The van der Waals surface area contributed by atoms with Crippen LogP contribution in [0.1, 0.15) is 18.4 Å². The SMILES string of the molecule is NCC1CCC(C(=O)NCCc2c[nH]c3ccccc23)O1. The maximum atomic E-state index is 12.0. The van der Waals surface area contributed by atoms with Gasteiger partial charge in [0.15, 0.2) is 0 Å². The number of hydrogen-bond donors (Lipinski definition) is 3. The van der Waals surface area contributed by atoms with Crippen molar-refractivity contribution in [2.75, 3.05) is 13.1 Å². The number of benzene rings is 1. The topological polar surface area (TPSA) is 80.1 Å². The molecule has 0 radical (unpaired) electrons. The van der Waals surface area contributed by atoms with E-state index in [1.165, 1.54) is 10.9 Å². The third-order valence-electron chi connectivity index (χ3n) is 4.03. The standard InChI is InChI=1S/C16H21N3O2/c17-9-12-5-6-15(21-12)16(20)18-8-7-11-10-19-14-4-2-1-3-13(11)14/h1-4,10,12,15,19H,5-9,17H2,(H,18,20). The molecule has 1 aromatic carbocycles. The molecule has 1 aliphatic heterocycles. The molecule has 1 aliphatic rings. The van der Waals surface area contributed by atoms with Crippen LogP contribution in [0.5, 0.6) is 0 Å². The minimum Gasteiger partial charge on any atom is -0.364 e. The van der Waals surface area contributed by atoms with Crippen LogP contribution in [0.2, 0.25) is 0 Å². The van der Waals surface area contributed by atoms with Crippen LogP contribution in [0.4, 0.5) is 0 Å².